The highest BCUT2D eigenvalue weighted by atomic mass is 19.4. The number of anilines is 2. The van der Waals surface area contributed by atoms with Crippen molar-refractivity contribution in [2.75, 3.05) is 56.4 Å². The number of likely N-dealkylation sites (tertiary alicyclic amines) is 1. The van der Waals surface area contributed by atoms with Crippen LogP contribution in [0.3, 0.4) is 0 Å². The molecule has 1 fully saturated rings. The largest absolute Gasteiger partial charge is 0.416 e. The van der Waals surface area contributed by atoms with Crippen molar-refractivity contribution in [1.29, 1.82) is 0 Å². The SMILES string of the molecule is Nc1ncnc(N(CCNCCN2CCCCC2)CCc2ccc(C(F)(F)F)cc2)c1-c1ccc(F)cc1. The van der Waals surface area contributed by atoms with Gasteiger partial charge in [-0.3, -0.25) is 0 Å². The molecule has 38 heavy (non-hydrogen) atoms. The van der Waals surface area contributed by atoms with Crippen LogP contribution in [0.2, 0.25) is 0 Å². The molecule has 4 rings (SSSR count). The molecule has 0 aliphatic carbocycles. The van der Waals surface area contributed by atoms with Crippen LogP contribution >= 0.6 is 0 Å². The number of aromatic nitrogens is 2. The quantitative estimate of drug-likeness (QED) is 0.268. The van der Waals surface area contributed by atoms with Crippen LogP contribution in [0.25, 0.3) is 11.1 Å². The predicted molar refractivity (Wildman–Crippen MR) is 142 cm³/mol. The molecule has 6 nitrogen and oxygen atoms in total. The van der Waals surface area contributed by atoms with E-state index in [1.54, 1.807) is 12.1 Å². The monoisotopic (exact) mass is 530 g/mol. The van der Waals surface area contributed by atoms with Crippen LogP contribution in [0.4, 0.5) is 29.2 Å². The number of nitrogens with zero attached hydrogens (tertiary/aromatic N) is 4. The molecule has 0 radical (unpaired) electrons. The fourth-order valence-electron chi connectivity index (χ4n) is 4.73. The Morgan fingerprint density at radius 3 is 2.29 bits per heavy atom. The van der Waals surface area contributed by atoms with E-state index in [1.807, 2.05) is 0 Å². The highest BCUT2D eigenvalue weighted by Crippen LogP contribution is 2.33. The van der Waals surface area contributed by atoms with Crippen LogP contribution in [0, 0.1) is 5.82 Å². The van der Waals surface area contributed by atoms with Gasteiger partial charge in [-0.05, 0) is 67.7 Å². The summed E-state index contributed by atoms with van der Waals surface area (Å²) in [5.41, 5.74) is 7.67. The van der Waals surface area contributed by atoms with E-state index in [4.69, 9.17) is 5.73 Å². The number of nitrogens with one attached hydrogen (secondary N) is 1. The molecule has 0 atom stereocenters. The number of nitrogen functional groups attached to an aromatic ring is 1. The van der Waals surface area contributed by atoms with Crippen molar-refractivity contribution in [2.45, 2.75) is 31.9 Å². The number of piperidine rings is 1. The van der Waals surface area contributed by atoms with Gasteiger partial charge in [0.25, 0.3) is 0 Å². The molecule has 0 amide bonds. The summed E-state index contributed by atoms with van der Waals surface area (Å²) >= 11 is 0. The second kappa shape index (κ2) is 13.0. The maximum Gasteiger partial charge on any atom is 0.416 e. The van der Waals surface area contributed by atoms with Crippen LogP contribution in [-0.4, -0.2) is 60.7 Å². The van der Waals surface area contributed by atoms with E-state index in [0.29, 0.717) is 43.0 Å². The Labute approximate surface area is 220 Å². The number of alkyl halides is 3. The van der Waals surface area contributed by atoms with Gasteiger partial charge in [0.1, 0.15) is 23.8 Å². The highest BCUT2D eigenvalue weighted by molar-refractivity contribution is 5.84. The second-order valence-electron chi connectivity index (χ2n) is 9.55. The third kappa shape index (κ3) is 7.64. The number of hydrogen-bond acceptors (Lipinski definition) is 6. The molecule has 0 bridgehead atoms. The molecule has 1 aliphatic heterocycles. The van der Waals surface area contributed by atoms with Crippen molar-refractivity contribution in [3.63, 3.8) is 0 Å². The van der Waals surface area contributed by atoms with E-state index in [2.05, 4.69) is 25.1 Å². The topological polar surface area (TPSA) is 70.3 Å². The molecule has 0 saturated carbocycles. The number of hydrogen-bond donors (Lipinski definition) is 2. The van der Waals surface area contributed by atoms with E-state index in [9.17, 15) is 17.6 Å². The first kappa shape index (κ1) is 27.8. The molecular formula is C28H34F4N6. The van der Waals surface area contributed by atoms with Gasteiger partial charge >= 0.3 is 6.18 Å². The van der Waals surface area contributed by atoms with Gasteiger partial charge in [0.2, 0.25) is 0 Å². The van der Waals surface area contributed by atoms with Crippen LogP contribution in [0.1, 0.15) is 30.4 Å². The van der Waals surface area contributed by atoms with Gasteiger partial charge in [-0.25, -0.2) is 14.4 Å². The summed E-state index contributed by atoms with van der Waals surface area (Å²) in [6.45, 7) is 5.93. The highest BCUT2D eigenvalue weighted by Gasteiger charge is 2.30. The molecule has 0 spiro atoms. The molecule has 3 N–H and O–H groups in total. The summed E-state index contributed by atoms with van der Waals surface area (Å²) in [5.74, 6) is 0.524. The Hall–Kier alpha value is -3.24. The van der Waals surface area contributed by atoms with Crippen LogP contribution in [-0.2, 0) is 12.6 Å². The van der Waals surface area contributed by atoms with Gasteiger partial charge in [-0.2, -0.15) is 13.2 Å². The normalized spacial score (nSPS) is 14.5. The van der Waals surface area contributed by atoms with E-state index in [-0.39, 0.29) is 11.6 Å². The Balaban J connectivity index is 1.48. The zero-order valence-electron chi connectivity index (χ0n) is 21.4. The molecule has 1 aromatic heterocycles. The average Bonchev–Trinajstić information content (AvgIpc) is 2.91. The maximum absolute atomic E-state index is 13.6. The predicted octanol–water partition coefficient (Wildman–Crippen LogP) is 5.01. The van der Waals surface area contributed by atoms with E-state index in [0.717, 1.165) is 43.9 Å². The third-order valence-electron chi connectivity index (χ3n) is 6.85. The summed E-state index contributed by atoms with van der Waals surface area (Å²) in [6, 6.07) is 11.2. The number of halogens is 4. The standard InChI is InChI=1S/C28H34F4N6/c29-24-10-6-22(7-11-24)25-26(33)35-20-36-27(25)38(19-14-34-13-18-37-15-2-1-3-16-37)17-12-21-4-8-23(9-5-21)28(30,31)32/h4-11,20,34H,1-3,12-19H2,(H2,33,35,36). The number of rotatable bonds is 11. The second-order valence-corrected chi connectivity index (χ2v) is 9.55. The Morgan fingerprint density at radius 1 is 0.895 bits per heavy atom. The molecule has 3 aromatic rings. The Bertz CT molecular complexity index is 1150. The average molecular weight is 531 g/mol. The molecule has 2 heterocycles. The van der Waals surface area contributed by atoms with Gasteiger partial charge in [0.15, 0.2) is 0 Å². The first-order valence-corrected chi connectivity index (χ1v) is 13.0. The lowest BCUT2D eigenvalue weighted by Gasteiger charge is -2.28. The van der Waals surface area contributed by atoms with Crippen LogP contribution in [0.15, 0.2) is 54.9 Å². The molecule has 1 saturated heterocycles. The molecule has 1 aliphatic rings. The zero-order chi connectivity index (χ0) is 27.0. The minimum absolute atomic E-state index is 0.277. The van der Waals surface area contributed by atoms with E-state index < -0.39 is 11.7 Å². The van der Waals surface area contributed by atoms with Gasteiger partial charge in [-0.15, -0.1) is 0 Å². The lowest BCUT2D eigenvalue weighted by molar-refractivity contribution is -0.137. The zero-order valence-corrected chi connectivity index (χ0v) is 21.4. The first-order valence-electron chi connectivity index (χ1n) is 13.0. The molecule has 204 valence electrons. The Morgan fingerprint density at radius 2 is 1.61 bits per heavy atom. The summed E-state index contributed by atoms with van der Waals surface area (Å²) in [6.07, 6.45) is 1.34. The van der Waals surface area contributed by atoms with Gasteiger partial charge in [0.05, 0.1) is 11.1 Å². The van der Waals surface area contributed by atoms with Crippen molar-refractivity contribution in [2.24, 2.45) is 0 Å². The lowest BCUT2D eigenvalue weighted by atomic mass is 10.1. The smallest absolute Gasteiger partial charge is 0.383 e. The van der Waals surface area contributed by atoms with Crippen molar-refractivity contribution >= 4 is 11.6 Å². The van der Waals surface area contributed by atoms with Gasteiger partial charge < -0.3 is 20.9 Å². The fraction of sp³-hybridized carbons (Fsp3) is 0.429. The van der Waals surface area contributed by atoms with E-state index >= 15 is 0 Å². The first-order chi connectivity index (χ1) is 18.3. The number of benzene rings is 2. The lowest BCUT2D eigenvalue weighted by Crippen LogP contribution is -2.39. The third-order valence-corrected chi connectivity index (χ3v) is 6.85. The van der Waals surface area contributed by atoms with E-state index in [1.165, 1.54) is 49.9 Å². The van der Waals surface area contributed by atoms with Crippen molar-refractivity contribution in [3.8, 4) is 11.1 Å². The molecule has 2 aromatic carbocycles. The van der Waals surface area contributed by atoms with Crippen molar-refractivity contribution < 1.29 is 17.6 Å². The summed E-state index contributed by atoms with van der Waals surface area (Å²) < 4.78 is 52.5. The van der Waals surface area contributed by atoms with Gasteiger partial charge in [-0.1, -0.05) is 30.7 Å². The van der Waals surface area contributed by atoms with Crippen molar-refractivity contribution in [1.82, 2.24) is 20.2 Å². The Kier molecular flexibility index (Phi) is 9.52. The number of nitrogens with two attached hydrogens (primary N) is 1. The van der Waals surface area contributed by atoms with Crippen LogP contribution in [0.5, 0.6) is 0 Å². The molecular weight excluding hydrogens is 496 g/mol. The summed E-state index contributed by atoms with van der Waals surface area (Å²) in [5, 5.41) is 3.50. The molecule has 0 unspecified atom stereocenters. The summed E-state index contributed by atoms with van der Waals surface area (Å²) in [7, 11) is 0. The van der Waals surface area contributed by atoms with Crippen LogP contribution < -0.4 is 16.0 Å². The maximum atomic E-state index is 13.6. The van der Waals surface area contributed by atoms with Gasteiger partial charge in [0, 0.05) is 32.7 Å². The van der Waals surface area contributed by atoms with Crippen molar-refractivity contribution in [3.05, 3.63) is 71.8 Å². The molecule has 10 heteroatoms. The minimum atomic E-state index is -4.37. The minimum Gasteiger partial charge on any atom is -0.383 e. The summed E-state index contributed by atoms with van der Waals surface area (Å²) in [4.78, 5) is 13.2. The fourth-order valence-corrected chi connectivity index (χ4v) is 4.73.